The average molecular weight is 370 g/mol. The van der Waals surface area contributed by atoms with Crippen LogP contribution in [0.4, 0.5) is 0 Å². The summed E-state index contributed by atoms with van der Waals surface area (Å²) in [4.78, 5) is 2.53. The molecule has 0 aliphatic heterocycles. The van der Waals surface area contributed by atoms with E-state index in [1.165, 1.54) is 48.8 Å². The van der Waals surface area contributed by atoms with Gasteiger partial charge in [0.25, 0.3) is 0 Å². The fourth-order valence-corrected chi connectivity index (χ4v) is 4.52. The second-order valence-corrected chi connectivity index (χ2v) is 8.17. The van der Waals surface area contributed by atoms with Crippen LogP contribution in [-0.2, 0) is 13.0 Å². The number of hydrogen-bond donors (Lipinski definition) is 0. The maximum atomic E-state index is 6.55. The van der Waals surface area contributed by atoms with Gasteiger partial charge in [-0.3, -0.25) is 4.90 Å². The molecule has 2 aromatic carbocycles. The average Bonchev–Trinajstić information content (AvgIpc) is 2.69. The van der Waals surface area contributed by atoms with Crippen LogP contribution in [0.5, 0.6) is 0 Å². The summed E-state index contributed by atoms with van der Waals surface area (Å²) in [5.74, 6) is 0.556. The maximum Gasteiger partial charge on any atom is 0.0404 e. The molecule has 1 fully saturated rings. The highest BCUT2D eigenvalue weighted by Gasteiger charge is 2.24. The molecule has 0 spiro atoms. The first-order valence-electron chi connectivity index (χ1n) is 10.3. The van der Waals surface area contributed by atoms with Crippen LogP contribution in [0.15, 0.2) is 54.6 Å². The lowest BCUT2D eigenvalue weighted by Gasteiger charge is -2.27. The summed E-state index contributed by atoms with van der Waals surface area (Å²) >= 11 is 6.55. The monoisotopic (exact) mass is 369 g/mol. The molecular weight excluding hydrogens is 338 g/mol. The van der Waals surface area contributed by atoms with Crippen molar-refractivity contribution in [2.75, 3.05) is 13.1 Å². The third kappa shape index (κ3) is 5.59. The SMILES string of the molecule is CCN(CCCc1ccc(C2CCCCC2Cl)cc1)Cc1ccccc1. The molecule has 1 aliphatic rings. The summed E-state index contributed by atoms with van der Waals surface area (Å²) in [7, 11) is 0. The third-order valence-corrected chi connectivity index (χ3v) is 6.25. The van der Waals surface area contributed by atoms with E-state index in [4.69, 9.17) is 11.6 Å². The van der Waals surface area contributed by atoms with Crippen molar-refractivity contribution in [2.24, 2.45) is 0 Å². The van der Waals surface area contributed by atoms with Gasteiger partial charge in [-0.25, -0.2) is 0 Å². The minimum Gasteiger partial charge on any atom is -0.299 e. The van der Waals surface area contributed by atoms with E-state index in [0.29, 0.717) is 11.3 Å². The summed E-state index contributed by atoms with van der Waals surface area (Å²) in [6.07, 6.45) is 7.40. The number of nitrogens with zero attached hydrogens (tertiary/aromatic N) is 1. The van der Waals surface area contributed by atoms with Crippen molar-refractivity contribution in [3.05, 3.63) is 71.3 Å². The van der Waals surface area contributed by atoms with Crippen molar-refractivity contribution in [2.45, 2.75) is 63.3 Å². The Kier molecular flexibility index (Phi) is 7.58. The van der Waals surface area contributed by atoms with Crippen LogP contribution in [0.2, 0.25) is 0 Å². The van der Waals surface area contributed by atoms with E-state index >= 15 is 0 Å². The molecule has 0 amide bonds. The highest BCUT2D eigenvalue weighted by molar-refractivity contribution is 6.21. The van der Waals surface area contributed by atoms with Crippen LogP contribution in [0.3, 0.4) is 0 Å². The molecule has 26 heavy (non-hydrogen) atoms. The summed E-state index contributed by atoms with van der Waals surface area (Å²) in [5.41, 5.74) is 4.29. The van der Waals surface area contributed by atoms with Crippen LogP contribution in [0.1, 0.15) is 61.6 Å². The first kappa shape index (κ1) is 19.5. The van der Waals surface area contributed by atoms with Gasteiger partial charge in [0.05, 0.1) is 0 Å². The summed E-state index contributed by atoms with van der Waals surface area (Å²) in [6, 6.07) is 20.1. The molecule has 3 rings (SSSR count). The predicted octanol–water partition coefficient (Wildman–Crippen LogP) is 6.41. The zero-order chi connectivity index (χ0) is 18.2. The molecular formula is C24H32ClN. The van der Waals surface area contributed by atoms with E-state index in [2.05, 4.69) is 66.4 Å². The van der Waals surface area contributed by atoms with Gasteiger partial charge in [-0.15, -0.1) is 11.6 Å². The molecule has 140 valence electrons. The molecule has 0 saturated heterocycles. The van der Waals surface area contributed by atoms with Gasteiger partial charge < -0.3 is 0 Å². The topological polar surface area (TPSA) is 3.24 Å². The lowest BCUT2D eigenvalue weighted by molar-refractivity contribution is 0.276. The molecule has 1 aliphatic carbocycles. The van der Waals surface area contributed by atoms with Crippen LogP contribution in [0.25, 0.3) is 0 Å². The molecule has 0 bridgehead atoms. The van der Waals surface area contributed by atoms with Gasteiger partial charge in [0.2, 0.25) is 0 Å². The van der Waals surface area contributed by atoms with Gasteiger partial charge in [0, 0.05) is 17.8 Å². The highest BCUT2D eigenvalue weighted by atomic mass is 35.5. The third-order valence-electron chi connectivity index (χ3n) is 5.73. The second kappa shape index (κ2) is 10.1. The maximum absolute atomic E-state index is 6.55. The minimum atomic E-state index is 0.325. The van der Waals surface area contributed by atoms with Gasteiger partial charge in [0.1, 0.15) is 0 Å². The quantitative estimate of drug-likeness (QED) is 0.486. The van der Waals surface area contributed by atoms with E-state index in [1.54, 1.807) is 0 Å². The molecule has 2 atom stereocenters. The predicted molar refractivity (Wildman–Crippen MR) is 113 cm³/mol. The molecule has 0 heterocycles. The molecule has 1 saturated carbocycles. The Bertz CT molecular complexity index is 637. The lowest BCUT2D eigenvalue weighted by Crippen LogP contribution is -2.24. The van der Waals surface area contributed by atoms with Crippen LogP contribution >= 0.6 is 11.6 Å². The Morgan fingerprint density at radius 1 is 0.923 bits per heavy atom. The van der Waals surface area contributed by atoms with Crippen molar-refractivity contribution >= 4 is 11.6 Å². The van der Waals surface area contributed by atoms with Crippen molar-refractivity contribution in [1.29, 1.82) is 0 Å². The van der Waals surface area contributed by atoms with Gasteiger partial charge >= 0.3 is 0 Å². The minimum absolute atomic E-state index is 0.325. The van der Waals surface area contributed by atoms with E-state index in [0.717, 1.165) is 26.1 Å². The Morgan fingerprint density at radius 3 is 2.35 bits per heavy atom. The molecule has 1 nitrogen and oxygen atoms in total. The molecule has 2 heteroatoms. The summed E-state index contributed by atoms with van der Waals surface area (Å²) < 4.78 is 0. The van der Waals surface area contributed by atoms with Gasteiger partial charge in [-0.2, -0.15) is 0 Å². The van der Waals surface area contributed by atoms with Crippen LogP contribution in [-0.4, -0.2) is 23.4 Å². The van der Waals surface area contributed by atoms with Crippen molar-refractivity contribution in [1.82, 2.24) is 4.90 Å². The van der Waals surface area contributed by atoms with E-state index in [-0.39, 0.29) is 0 Å². The van der Waals surface area contributed by atoms with Crippen molar-refractivity contribution < 1.29 is 0 Å². The zero-order valence-corrected chi connectivity index (χ0v) is 16.8. The largest absolute Gasteiger partial charge is 0.299 e. The summed E-state index contributed by atoms with van der Waals surface area (Å²) in [6.45, 7) is 5.56. The van der Waals surface area contributed by atoms with Gasteiger partial charge in [-0.1, -0.05) is 74.4 Å². The molecule has 2 aromatic rings. The Balaban J connectivity index is 1.46. The number of halogens is 1. The Morgan fingerprint density at radius 2 is 1.65 bits per heavy atom. The van der Waals surface area contributed by atoms with Gasteiger partial charge in [-0.05, 0) is 55.5 Å². The number of hydrogen-bond acceptors (Lipinski definition) is 1. The number of alkyl halides is 1. The van der Waals surface area contributed by atoms with Crippen molar-refractivity contribution in [3.63, 3.8) is 0 Å². The van der Waals surface area contributed by atoms with Crippen LogP contribution < -0.4 is 0 Å². The second-order valence-electron chi connectivity index (χ2n) is 7.61. The number of benzene rings is 2. The Labute approximate surface area is 164 Å². The highest BCUT2D eigenvalue weighted by Crippen LogP contribution is 2.36. The molecule has 0 aromatic heterocycles. The molecule has 0 N–H and O–H groups in total. The van der Waals surface area contributed by atoms with E-state index < -0.39 is 0 Å². The number of aryl methyl sites for hydroxylation is 1. The van der Waals surface area contributed by atoms with E-state index in [1.807, 2.05) is 0 Å². The standard InChI is InChI=1S/C24H32ClN/c1-2-26(19-21-9-4-3-5-10-21)18-8-11-20-14-16-22(17-15-20)23-12-6-7-13-24(23)25/h3-5,9-10,14-17,23-24H,2,6-8,11-13,18-19H2,1H3. The van der Waals surface area contributed by atoms with E-state index in [9.17, 15) is 0 Å². The first-order valence-corrected chi connectivity index (χ1v) is 10.7. The first-order chi connectivity index (χ1) is 12.8. The smallest absolute Gasteiger partial charge is 0.0404 e. The summed E-state index contributed by atoms with van der Waals surface area (Å²) in [5, 5.41) is 0.325. The lowest BCUT2D eigenvalue weighted by atomic mass is 9.83. The molecule has 0 radical (unpaired) electrons. The van der Waals surface area contributed by atoms with Crippen LogP contribution in [0, 0.1) is 0 Å². The normalized spacial score (nSPS) is 20.4. The van der Waals surface area contributed by atoms with Gasteiger partial charge in [0.15, 0.2) is 0 Å². The zero-order valence-electron chi connectivity index (χ0n) is 16.0. The fraction of sp³-hybridized carbons (Fsp3) is 0.500. The Hall–Kier alpha value is -1.31. The fourth-order valence-electron chi connectivity index (χ4n) is 4.09. The molecule has 2 unspecified atom stereocenters. The number of rotatable bonds is 8. The van der Waals surface area contributed by atoms with Crippen molar-refractivity contribution in [3.8, 4) is 0 Å².